The van der Waals surface area contributed by atoms with Crippen LogP contribution in [0.3, 0.4) is 0 Å². The largest absolute Gasteiger partial charge is 0.481 e. The molecule has 0 saturated heterocycles. The van der Waals surface area contributed by atoms with Gasteiger partial charge in [-0.1, -0.05) is 18.0 Å². The lowest BCUT2D eigenvalue weighted by atomic mass is 9.88. The third-order valence-corrected chi connectivity index (χ3v) is 6.15. The van der Waals surface area contributed by atoms with Gasteiger partial charge in [-0.2, -0.15) is 5.06 Å². The van der Waals surface area contributed by atoms with E-state index >= 15 is 0 Å². The van der Waals surface area contributed by atoms with E-state index in [1.54, 1.807) is 0 Å². The van der Waals surface area contributed by atoms with Crippen LogP contribution >= 0.6 is 11.6 Å². The Balaban J connectivity index is 1.58. The fourth-order valence-electron chi connectivity index (χ4n) is 4.35. The first-order valence-electron chi connectivity index (χ1n) is 9.88. The van der Waals surface area contributed by atoms with Gasteiger partial charge in [0.15, 0.2) is 0 Å². The number of rotatable bonds is 4. The minimum Gasteiger partial charge on any atom is -0.481 e. The molecule has 1 aliphatic heterocycles. The summed E-state index contributed by atoms with van der Waals surface area (Å²) in [5, 5.41) is 9.76. The minimum absolute atomic E-state index is 0.0745. The molecule has 9 heteroatoms. The first kappa shape index (κ1) is 19.9. The highest BCUT2D eigenvalue weighted by Crippen LogP contribution is 2.44. The van der Waals surface area contributed by atoms with Crippen molar-refractivity contribution in [2.75, 3.05) is 4.90 Å². The standard InChI is InChI=1S/C20H22ClFN2O5/c21-14-10-17-12(9-15(14)22)8-11-2-1-3-16(11)23(17)20(28)29-24(13-4-5-13)18(25)6-7-19(26)27/h9-11,13,16H,1-8H2,(H,26,27). The van der Waals surface area contributed by atoms with E-state index < -0.39 is 23.8 Å². The molecule has 2 atom stereocenters. The van der Waals surface area contributed by atoms with Gasteiger partial charge >= 0.3 is 12.1 Å². The third-order valence-electron chi connectivity index (χ3n) is 5.86. The number of carbonyl (C=O) groups is 3. The predicted molar refractivity (Wildman–Crippen MR) is 102 cm³/mol. The molecule has 0 spiro atoms. The first-order chi connectivity index (χ1) is 13.8. The fraction of sp³-hybridized carbons (Fsp3) is 0.550. The molecule has 156 valence electrons. The molecular weight excluding hydrogens is 403 g/mol. The number of aliphatic carboxylic acids is 1. The molecule has 4 rings (SSSR count). The van der Waals surface area contributed by atoms with E-state index in [-0.39, 0.29) is 35.9 Å². The number of nitrogens with zero attached hydrogens (tertiary/aromatic N) is 2. The van der Waals surface area contributed by atoms with E-state index in [0.717, 1.165) is 24.3 Å². The Bertz CT molecular complexity index is 860. The average molecular weight is 425 g/mol. The minimum atomic E-state index is -1.09. The zero-order valence-electron chi connectivity index (χ0n) is 15.8. The fourth-order valence-corrected chi connectivity index (χ4v) is 4.50. The van der Waals surface area contributed by atoms with Crippen molar-refractivity contribution in [1.82, 2.24) is 5.06 Å². The zero-order valence-corrected chi connectivity index (χ0v) is 16.5. The molecule has 1 N–H and O–H groups in total. The Morgan fingerprint density at radius 3 is 2.66 bits per heavy atom. The smallest absolute Gasteiger partial charge is 0.439 e. The summed E-state index contributed by atoms with van der Waals surface area (Å²) in [4.78, 5) is 43.3. The Morgan fingerprint density at radius 1 is 1.21 bits per heavy atom. The first-order valence-corrected chi connectivity index (χ1v) is 10.3. The van der Waals surface area contributed by atoms with Crippen LogP contribution in [0.2, 0.25) is 5.02 Å². The summed E-state index contributed by atoms with van der Waals surface area (Å²) in [5.74, 6) is -1.94. The summed E-state index contributed by atoms with van der Waals surface area (Å²) in [5.41, 5.74) is 1.21. The summed E-state index contributed by atoms with van der Waals surface area (Å²) in [6.07, 6.45) is 3.48. The second-order valence-corrected chi connectivity index (χ2v) is 8.34. The maximum atomic E-state index is 14.0. The number of hydroxylamine groups is 2. The van der Waals surface area contributed by atoms with Gasteiger partial charge in [-0.25, -0.2) is 9.18 Å². The molecule has 2 unspecified atom stereocenters. The molecule has 0 radical (unpaired) electrons. The number of carboxylic acid groups (broad SMARTS) is 1. The molecule has 2 fully saturated rings. The highest BCUT2D eigenvalue weighted by molar-refractivity contribution is 6.31. The normalized spacial score (nSPS) is 22.6. The van der Waals surface area contributed by atoms with E-state index in [1.165, 1.54) is 17.0 Å². The maximum absolute atomic E-state index is 14.0. The van der Waals surface area contributed by atoms with Crippen LogP contribution in [0.5, 0.6) is 0 Å². The highest BCUT2D eigenvalue weighted by Gasteiger charge is 2.44. The van der Waals surface area contributed by atoms with Gasteiger partial charge in [-0.3, -0.25) is 14.5 Å². The summed E-state index contributed by atoms with van der Waals surface area (Å²) >= 11 is 5.97. The average Bonchev–Trinajstić information content (AvgIpc) is 3.41. The van der Waals surface area contributed by atoms with E-state index in [4.69, 9.17) is 21.5 Å². The summed E-state index contributed by atoms with van der Waals surface area (Å²) in [6.45, 7) is 0. The van der Waals surface area contributed by atoms with Crippen molar-refractivity contribution >= 4 is 35.3 Å². The number of anilines is 1. The van der Waals surface area contributed by atoms with Gasteiger partial charge in [0.05, 0.1) is 23.2 Å². The van der Waals surface area contributed by atoms with Gasteiger partial charge in [0, 0.05) is 12.5 Å². The van der Waals surface area contributed by atoms with Crippen LogP contribution in [0.25, 0.3) is 0 Å². The topological polar surface area (TPSA) is 87.1 Å². The second-order valence-electron chi connectivity index (χ2n) is 7.93. The Labute approximate surface area is 172 Å². The molecule has 2 amide bonds. The van der Waals surface area contributed by atoms with Gasteiger partial charge < -0.3 is 9.94 Å². The SMILES string of the molecule is O=C(O)CCC(=O)N(OC(=O)N1c2cc(Cl)c(F)cc2CC2CCCC21)C1CC1. The molecular formula is C20H22ClFN2O5. The van der Waals surface area contributed by atoms with Crippen LogP contribution < -0.4 is 4.90 Å². The molecule has 0 bridgehead atoms. The van der Waals surface area contributed by atoms with Crippen molar-refractivity contribution in [3.8, 4) is 0 Å². The van der Waals surface area contributed by atoms with Crippen LogP contribution in [0.1, 0.15) is 50.5 Å². The van der Waals surface area contributed by atoms with Crippen molar-refractivity contribution in [2.45, 2.75) is 63.5 Å². The van der Waals surface area contributed by atoms with Gasteiger partial charge in [-0.15, -0.1) is 0 Å². The van der Waals surface area contributed by atoms with Crippen molar-refractivity contribution in [1.29, 1.82) is 0 Å². The number of benzene rings is 1. The highest BCUT2D eigenvalue weighted by atomic mass is 35.5. The van der Waals surface area contributed by atoms with Crippen LogP contribution in [0.4, 0.5) is 14.9 Å². The molecule has 1 heterocycles. The van der Waals surface area contributed by atoms with Crippen LogP contribution in [-0.4, -0.2) is 40.2 Å². The van der Waals surface area contributed by atoms with Gasteiger partial charge in [0.25, 0.3) is 5.91 Å². The van der Waals surface area contributed by atoms with E-state index in [2.05, 4.69) is 0 Å². The van der Waals surface area contributed by atoms with Gasteiger partial charge in [-0.05, 0) is 55.7 Å². The Kier molecular flexibility index (Phi) is 5.38. The number of carboxylic acids is 1. The molecule has 7 nitrogen and oxygen atoms in total. The molecule has 2 saturated carbocycles. The maximum Gasteiger partial charge on any atom is 0.439 e. The molecule has 0 aromatic heterocycles. The van der Waals surface area contributed by atoms with Gasteiger partial charge in [0.2, 0.25) is 0 Å². The Hall–Kier alpha value is -2.35. The van der Waals surface area contributed by atoms with Crippen LogP contribution in [0.15, 0.2) is 12.1 Å². The molecule has 1 aromatic carbocycles. The third kappa shape index (κ3) is 4.03. The lowest BCUT2D eigenvalue weighted by molar-refractivity contribution is -0.169. The molecule has 2 aliphatic carbocycles. The second kappa shape index (κ2) is 7.82. The zero-order chi connectivity index (χ0) is 20.7. The number of carbonyl (C=O) groups excluding carboxylic acids is 2. The summed E-state index contributed by atoms with van der Waals surface area (Å²) in [6, 6.07) is 2.49. The summed E-state index contributed by atoms with van der Waals surface area (Å²) in [7, 11) is 0. The lowest BCUT2D eigenvalue weighted by Gasteiger charge is -2.39. The predicted octanol–water partition coefficient (Wildman–Crippen LogP) is 3.92. The van der Waals surface area contributed by atoms with E-state index in [0.29, 0.717) is 30.5 Å². The van der Waals surface area contributed by atoms with Crippen molar-refractivity contribution < 1.29 is 28.7 Å². The summed E-state index contributed by atoms with van der Waals surface area (Å²) < 4.78 is 14.0. The quantitative estimate of drug-likeness (QED) is 0.740. The lowest BCUT2D eigenvalue weighted by Crippen LogP contribution is -2.49. The number of halogens is 2. The van der Waals surface area contributed by atoms with E-state index in [1.807, 2.05) is 0 Å². The number of fused-ring (bicyclic) bond motifs is 2. The number of hydrogen-bond acceptors (Lipinski definition) is 4. The molecule has 3 aliphatic rings. The number of hydrogen-bond donors (Lipinski definition) is 1. The van der Waals surface area contributed by atoms with Crippen LogP contribution in [0, 0.1) is 11.7 Å². The van der Waals surface area contributed by atoms with Gasteiger partial charge in [0.1, 0.15) is 5.82 Å². The van der Waals surface area contributed by atoms with Crippen molar-refractivity contribution in [3.63, 3.8) is 0 Å². The molecule has 1 aromatic rings. The monoisotopic (exact) mass is 424 g/mol. The van der Waals surface area contributed by atoms with Crippen molar-refractivity contribution in [3.05, 3.63) is 28.5 Å². The van der Waals surface area contributed by atoms with Crippen molar-refractivity contribution in [2.24, 2.45) is 5.92 Å². The molecule has 29 heavy (non-hydrogen) atoms. The van der Waals surface area contributed by atoms with E-state index in [9.17, 15) is 18.8 Å². The number of amides is 2. The van der Waals surface area contributed by atoms with Crippen LogP contribution in [-0.2, 0) is 20.8 Å². The Morgan fingerprint density at radius 2 is 1.97 bits per heavy atom.